The van der Waals surface area contributed by atoms with Crippen molar-refractivity contribution in [2.24, 2.45) is 11.3 Å². The number of ether oxygens (including phenoxy) is 3. The molecule has 3 atom stereocenters. The van der Waals surface area contributed by atoms with Crippen molar-refractivity contribution in [3.63, 3.8) is 0 Å². The Balaban J connectivity index is 1.75. The van der Waals surface area contributed by atoms with Gasteiger partial charge >= 0.3 is 21.3 Å². The number of benzene rings is 3. The lowest BCUT2D eigenvalue weighted by Gasteiger charge is -2.49. The van der Waals surface area contributed by atoms with Crippen molar-refractivity contribution in [1.82, 2.24) is 0 Å². The van der Waals surface area contributed by atoms with Gasteiger partial charge in [-0.1, -0.05) is 72.7 Å². The van der Waals surface area contributed by atoms with Gasteiger partial charge in [-0.15, -0.1) is 0 Å². The summed E-state index contributed by atoms with van der Waals surface area (Å²) in [5.74, 6) is -3.41. The molecule has 3 aromatic rings. The van der Waals surface area contributed by atoms with Gasteiger partial charge in [0.15, 0.2) is 20.5 Å². The molecule has 3 unspecified atom stereocenters. The summed E-state index contributed by atoms with van der Waals surface area (Å²) in [5.41, 5.74) is 1.78. The predicted octanol–water partition coefficient (Wildman–Crippen LogP) is 7.74. The van der Waals surface area contributed by atoms with Gasteiger partial charge in [0.2, 0.25) is 0 Å². The normalized spacial score (nSPS) is 21.4. The lowest BCUT2D eigenvalue weighted by Crippen LogP contribution is -2.52. The zero-order valence-electron chi connectivity index (χ0n) is 26.8. The first kappa shape index (κ1) is 35.0. The van der Waals surface area contributed by atoms with Crippen LogP contribution in [0.4, 0.5) is 8.78 Å². The number of halogens is 2. The molecule has 0 radical (unpaired) electrons. The minimum atomic E-state index is -5.99. The highest BCUT2D eigenvalue weighted by molar-refractivity contribution is 7.97. The van der Waals surface area contributed by atoms with Gasteiger partial charge in [0, 0.05) is 17.0 Å². The number of carbonyl (C=O) groups is 1. The third kappa shape index (κ3) is 7.44. The van der Waals surface area contributed by atoms with Gasteiger partial charge in [-0.2, -0.15) is 17.2 Å². The molecule has 0 saturated carbocycles. The molecule has 1 saturated heterocycles. The second-order valence-electron chi connectivity index (χ2n) is 13.5. The zero-order chi connectivity index (χ0) is 33.6. The van der Waals surface area contributed by atoms with Gasteiger partial charge < -0.3 is 14.2 Å². The molecule has 0 bridgehead atoms. The fraction of sp³-hybridized carbons (Fsp3) is 0.441. The monoisotopic (exact) mass is 663 g/mol. The second-order valence-corrected chi connectivity index (χ2v) is 17.0. The smallest absolute Gasteiger partial charge is 0.421 e. The summed E-state index contributed by atoms with van der Waals surface area (Å²) in [4.78, 5) is 14.6. The third-order valence-corrected chi connectivity index (χ3v) is 10.9. The predicted molar refractivity (Wildman–Crippen MR) is 169 cm³/mol. The van der Waals surface area contributed by atoms with Crippen LogP contribution in [-0.2, 0) is 46.5 Å². The summed E-state index contributed by atoms with van der Waals surface area (Å²) in [6.07, 6.45) is -0.0356. The second kappa shape index (κ2) is 12.4. The van der Waals surface area contributed by atoms with Crippen molar-refractivity contribution < 1.29 is 40.8 Å². The first-order chi connectivity index (χ1) is 20.7. The van der Waals surface area contributed by atoms with E-state index in [2.05, 4.69) is 83.5 Å². The molecule has 0 spiro atoms. The van der Waals surface area contributed by atoms with Crippen molar-refractivity contribution in [2.75, 3.05) is 6.61 Å². The lowest BCUT2D eigenvalue weighted by atomic mass is 9.80. The van der Waals surface area contributed by atoms with Gasteiger partial charge in [-0.05, 0) is 66.3 Å². The molecule has 0 aliphatic carbocycles. The maximum atomic E-state index is 13.8. The molecule has 4 rings (SSSR count). The third-order valence-electron chi connectivity index (χ3n) is 7.83. The summed E-state index contributed by atoms with van der Waals surface area (Å²) >= 11 is 0. The van der Waals surface area contributed by atoms with E-state index in [-0.39, 0.29) is 28.6 Å². The Hall–Kier alpha value is -2.83. The van der Waals surface area contributed by atoms with Crippen LogP contribution in [0.3, 0.4) is 0 Å². The van der Waals surface area contributed by atoms with Crippen LogP contribution in [0.1, 0.15) is 66.5 Å². The number of alkyl halides is 2. The van der Waals surface area contributed by atoms with E-state index in [9.17, 15) is 22.0 Å². The first-order valence-electron chi connectivity index (χ1n) is 14.6. The molecule has 0 aromatic heterocycles. The van der Waals surface area contributed by atoms with Crippen LogP contribution in [0.5, 0.6) is 5.75 Å². The number of esters is 1. The highest BCUT2D eigenvalue weighted by Gasteiger charge is 2.54. The van der Waals surface area contributed by atoms with Gasteiger partial charge in [0.1, 0.15) is 5.75 Å². The van der Waals surface area contributed by atoms with Gasteiger partial charge in [-0.3, -0.25) is 4.55 Å². The molecule has 45 heavy (non-hydrogen) atoms. The van der Waals surface area contributed by atoms with Crippen molar-refractivity contribution in [2.45, 2.75) is 92.6 Å². The van der Waals surface area contributed by atoms with E-state index >= 15 is 0 Å². The topological polar surface area (TPSA) is 99.1 Å². The first-order valence-corrected chi connectivity index (χ1v) is 17.3. The Labute approximate surface area is 267 Å². The molecular formula is C34H41F2O7S2+. The molecule has 1 fully saturated rings. The van der Waals surface area contributed by atoms with Crippen LogP contribution in [0.15, 0.2) is 87.5 Å². The molecular weight excluding hydrogens is 622 g/mol. The molecule has 1 N–H and O–H groups in total. The van der Waals surface area contributed by atoms with Crippen LogP contribution in [-0.4, -0.2) is 36.9 Å². The van der Waals surface area contributed by atoms with E-state index in [4.69, 9.17) is 14.0 Å². The largest absolute Gasteiger partial charge is 0.466 e. The number of hydrogen-bond donors (Lipinski definition) is 1. The molecule has 7 nitrogen and oxygen atoms in total. The van der Waals surface area contributed by atoms with Crippen molar-refractivity contribution in [3.05, 3.63) is 83.9 Å². The Bertz CT molecular complexity index is 1630. The average molecular weight is 664 g/mol. The average Bonchev–Trinajstić information content (AvgIpc) is 2.95. The van der Waals surface area contributed by atoms with Gasteiger partial charge in [-0.25, -0.2) is 4.79 Å². The number of hydrogen-bond acceptors (Lipinski definition) is 6. The minimum absolute atomic E-state index is 0.0356. The van der Waals surface area contributed by atoms with Gasteiger partial charge in [0.05, 0.1) is 23.6 Å². The highest BCUT2D eigenvalue weighted by Crippen LogP contribution is 2.44. The minimum Gasteiger partial charge on any atom is -0.421 e. The molecule has 1 aliphatic rings. The van der Waals surface area contributed by atoms with Crippen LogP contribution < -0.4 is 4.74 Å². The van der Waals surface area contributed by atoms with Crippen LogP contribution in [0, 0.1) is 11.3 Å². The van der Waals surface area contributed by atoms with Crippen LogP contribution in [0.25, 0.3) is 0 Å². The van der Waals surface area contributed by atoms with Gasteiger partial charge in [0.25, 0.3) is 0 Å². The summed E-state index contributed by atoms with van der Waals surface area (Å²) in [6.45, 7) is 17.4. The van der Waals surface area contributed by atoms with E-state index in [0.29, 0.717) is 6.61 Å². The van der Waals surface area contributed by atoms with Crippen LogP contribution >= 0.6 is 0 Å². The summed E-state index contributed by atoms with van der Waals surface area (Å²) in [5, 5.41) is -5.10. The van der Waals surface area contributed by atoms with Crippen molar-refractivity contribution in [1.29, 1.82) is 0 Å². The molecule has 1 aliphatic heterocycles. The Kier molecular flexibility index (Phi) is 9.66. The summed E-state index contributed by atoms with van der Waals surface area (Å²) in [6, 6.07) is 22.1. The molecule has 11 heteroatoms. The quantitative estimate of drug-likeness (QED) is 0.114. The van der Waals surface area contributed by atoms with Crippen LogP contribution in [0.2, 0.25) is 0 Å². The Morgan fingerprint density at radius 1 is 0.956 bits per heavy atom. The Morgan fingerprint density at radius 2 is 1.51 bits per heavy atom. The van der Waals surface area contributed by atoms with E-state index in [1.807, 2.05) is 25.1 Å². The van der Waals surface area contributed by atoms with E-state index in [1.165, 1.54) is 12.1 Å². The molecule has 244 valence electrons. The van der Waals surface area contributed by atoms with E-state index < -0.39 is 38.0 Å². The van der Waals surface area contributed by atoms with Crippen molar-refractivity contribution >= 4 is 27.0 Å². The molecule has 3 aromatic carbocycles. The fourth-order valence-corrected chi connectivity index (χ4v) is 7.70. The zero-order valence-corrected chi connectivity index (χ0v) is 28.4. The summed E-state index contributed by atoms with van der Waals surface area (Å²) in [7, 11) is -6.69. The SMILES string of the molecule is CC(C)C1OC(C)(c2cccc([S+](c3ccc(OC(=O)C(F)(F)S(=O)(=O)O)cc3)c3ccc(C(C)(C)C)cc3)c2)OCC1(C)C. The maximum absolute atomic E-state index is 13.8. The lowest BCUT2D eigenvalue weighted by molar-refractivity contribution is -0.337. The highest BCUT2D eigenvalue weighted by atomic mass is 32.2. The van der Waals surface area contributed by atoms with E-state index in [1.54, 1.807) is 12.1 Å². The standard InChI is InChI=1S/C34H40F2O7S2/c1-22(2)29-32(6,7)21-41-33(8,43-29)24-10-9-11-28(20-24)44(26-16-12-23(13-17-26)31(3,4)5)27-18-14-25(15-19-27)42-30(37)34(35,36)45(38,39)40/h9-20,22,29H,21H2,1-8H3/p+1. The number of rotatable bonds is 8. The summed E-state index contributed by atoms with van der Waals surface area (Å²) < 4.78 is 75.8. The maximum Gasteiger partial charge on any atom is 0.466 e. The van der Waals surface area contributed by atoms with E-state index in [0.717, 1.165) is 25.8 Å². The fourth-order valence-electron chi connectivity index (χ4n) is 5.35. The molecule has 1 heterocycles. The Morgan fingerprint density at radius 3 is 2.02 bits per heavy atom. The van der Waals surface area contributed by atoms with Crippen molar-refractivity contribution in [3.8, 4) is 5.75 Å². The number of carbonyl (C=O) groups excluding carboxylic acids is 1. The molecule has 0 amide bonds.